The third kappa shape index (κ3) is 3.16. The normalized spacial score (nSPS) is 10.7. The topological polar surface area (TPSA) is 62.7 Å². The fourth-order valence-corrected chi connectivity index (χ4v) is 3.12. The zero-order valence-corrected chi connectivity index (χ0v) is 13.3. The van der Waals surface area contributed by atoms with E-state index in [4.69, 9.17) is 4.74 Å². The highest BCUT2D eigenvalue weighted by molar-refractivity contribution is 7.17. The number of aromatic carboxylic acids is 1. The van der Waals surface area contributed by atoms with Crippen LogP contribution in [0, 0.1) is 6.92 Å². The third-order valence-corrected chi connectivity index (χ3v) is 4.20. The molecule has 0 spiro atoms. The van der Waals surface area contributed by atoms with Crippen molar-refractivity contribution in [3.8, 4) is 5.75 Å². The minimum absolute atomic E-state index is 0.158. The van der Waals surface area contributed by atoms with E-state index in [0.29, 0.717) is 10.8 Å². The molecule has 1 heterocycles. The maximum absolute atomic E-state index is 11.2. The molecule has 0 bridgehead atoms. The number of aromatic nitrogens is 1. The van der Waals surface area contributed by atoms with E-state index in [2.05, 4.69) is 4.98 Å². The molecule has 1 aromatic heterocycles. The molecule has 1 aromatic carbocycles. The van der Waals surface area contributed by atoms with Gasteiger partial charge in [-0.15, -0.1) is 0 Å². The van der Waals surface area contributed by atoms with Crippen LogP contribution in [0.2, 0.25) is 0 Å². The van der Waals surface area contributed by atoms with E-state index in [1.54, 1.807) is 14.0 Å². The Morgan fingerprint density at radius 1 is 1.33 bits per heavy atom. The van der Waals surface area contributed by atoms with Gasteiger partial charge < -0.3 is 14.7 Å². The standard InChI is InChI=1S/C15H18N2O3S/c1-9(2)17(11-5-7-12(20-4)8-6-11)15-16-10(3)13(21-15)14(18)19/h5-9H,1-4H3,(H,18,19). The molecule has 0 unspecified atom stereocenters. The summed E-state index contributed by atoms with van der Waals surface area (Å²) in [6, 6.07) is 7.80. The number of anilines is 2. The average molecular weight is 306 g/mol. The number of hydrogen-bond acceptors (Lipinski definition) is 5. The van der Waals surface area contributed by atoms with Gasteiger partial charge in [0.1, 0.15) is 10.6 Å². The Hall–Kier alpha value is -2.08. The lowest BCUT2D eigenvalue weighted by atomic mass is 10.2. The number of carbonyl (C=O) groups is 1. The first-order chi connectivity index (χ1) is 9.93. The number of ether oxygens (including phenoxy) is 1. The first-order valence-corrected chi connectivity index (χ1v) is 7.39. The lowest BCUT2D eigenvalue weighted by Gasteiger charge is -2.26. The SMILES string of the molecule is COc1ccc(N(c2nc(C)c(C(=O)O)s2)C(C)C)cc1. The number of carboxylic acids is 1. The van der Waals surface area contributed by atoms with Crippen LogP contribution in [-0.4, -0.2) is 29.2 Å². The van der Waals surface area contributed by atoms with Crippen molar-refractivity contribution >= 4 is 28.1 Å². The molecular weight excluding hydrogens is 288 g/mol. The lowest BCUT2D eigenvalue weighted by Crippen LogP contribution is -2.25. The summed E-state index contributed by atoms with van der Waals surface area (Å²) in [4.78, 5) is 17.9. The van der Waals surface area contributed by atoms with Crippen LogP contribution >= 0.6 is 11.3 Å². The molecule has 0 atom stereocenters. The number of benzene rings is 1. The van der Waals surface area contributed by atoms with Crippen molar-refractivity contribution in [1.82, 2.24) is 4.98 Å². The molecule has 6 heteroatoms. The van der Waals surface area contributed by atoms with Crippen LogP contribution in [-0.2, 0) is 0 Å². The van der Waals surface area contributed by atoms with E-state index >= 15 is 0 Å². The van der Waals surface area contributed by atoms with Gasteiger partial charge in [0.15, 0.2) is 5.13 Å². The molecule has 0 aliphatic rings. The van der Waals surface area contributed by atoms with Gasteiger partial charge in [0, 0.05) is 11.7 Å². The summed E-state index contributed by atoms with van der Waals surface area (Å²) in [5.41, 5.74) is 1.50. The average Bonchev–Trinajstić information content (AvgIpc) is 2.81. The monoisotopic (exact) mass is 306 g/mol. The quantitative estimate of drug-likeness (QED) is 0.912. The molecular formula is C15H18N2O3S. The maximum atomic E-state index is 11.2. The van der Waals surface area contributed by atoms with Gasteiger partial charge in [0.05, 0.1) is 12.8 Å². The van der Waals surface area contributed by atoms with Gasteiger partial charge in [-0.05, 0) is 45.0 Å². The number of thiazole rings is 1. The zero-order chi connectivity index (χ0) is 15.6. The summed E-state index contributed by atoms with van der Waals surface area (Å²) in [7, 11) is 1.62. The molecule has 0 radical (unpaired) electrons. The Kier molecular flexibility index (Phi) is 4.47. The largest absolute Gasteiger partial charge is 0.497 e. The summed E-state index contributed by atoms with van der Waals surface area (Å²) in [6.07, 6.45) is 0. The van der Waals surface area contributed by atoms with Gasteiger partial charge in [0.2, 0.25) is 0 Å². The molecule has 0 saturated heterocycles. The van der Waals surface area contributed by atoms with E-state index in [0.717, 1.165) is 11.4 Å². The van der Waals surface area contributed by atoms with Gasteiger partial charge in [-0.1, -0.05) is 11.3 Å². The summed E-state index contributed by atoms with van der Waals surface area (Å²) in [6.45, 7) is 5.80. The fourth-order valence-electron chi connectivity index (χ4n) is 2.06. The number of hydrogen-bond donors (Lipinski definition) is 1. The smallest absolute Gasteiger partial charge is 0.347 e. The molecule has 112 valence electrons. The van der Waals surface area contributed by atoms with Crippen LogP contribution in [0.25, 0.3) is 0 Å². The van der Waals surface area contributed by atoms with Crippen LogP contribution < -0.4 is 9.64 Å². The second kappa shape index (κ2) is 6.13. The van der Waals surface area contributed by atoms with E-state index in [9.17, 15) is 9.90 Å². The Morgan fingerprint density at radius 3 is 2.38 bits per heavy atom. The lowest BCUT2D eigenvalue weighted by molar-refractivity contribution is 0.0701. The summed E-state index contributed by atoms with van der Waals surface area (Å²) < 4.78 is 5.16. The van der Waals surface area contributed by atoms with Gasteiger partial charge in [-0.2, -0.15) is 0 Å². The van der Waals surface area contributed by atoms with Crippen molar-refractivity contribution in [3.63, 3.8) is 0 Å². The van der Waals surface area contributed by atoms with E-state index in [1.165, 1.54) is 11.3 Å². The first-order valence-electron chi connectivity index (χ1n) is 6.58. The zero-order valence-electron chi connectivity index (χ0n) is 12.5. The molecule has 0 aliphatic heterocycles. The summed E-state index contributed by atoms with van der Waals surface area (Å²) in [5.74, 6) is -0.154. The number of carboxylic acid groups (broad SMARTS) is 1. The highest BCUT2D eigenvalue weighted by Crippen LogP contribution is 2.34. The van der Waals surface area contributed by atoms with Crippen molar-refractivity contribution in [2.45, 2.75) is 26.8 Å². The van der Waals surface area contributed by atoms with Gasteiger partial charge in [-0.3, -0.25) is 0 Å². The number of rotatable bonds is 5. The molecule has 5 nitrogen and oxygen atoms in total. The number of nitrogens with zero attached hydrogens (tertiary/aromatic N) is 2. The van der Waals surface area contributed by atoms with Crippen molar-refractivity contribution in [1.29, 1.82) is 0 Å². The van der Waals surface area contributed by atoms with Crippen LogP contribution in [0.1, 0.15) is 29.2 Å². The predicted molar refractivity (Wildman–Crippen MR) is 84.1 cm³/mol. The third-order valence-electron chi connectivity index (χ3n) is 3.05. The Bertz CT molecular complexity index is 635. The van der Waals surface area contributed by atoms with E-state index in [1.807, 2.05) is 43.0 Å². The van der Waals surface area contributed by atoms with E-state index < -0.39 is 5.97 Å². The number of methoxy groups -OCH3 is 1. The van der Waals surface area contributed by atoms with Gasteiger partial charge >= 0.3 is 5.97 Å². The molecule has 21 heavy (non-hydrogen) atoms. The van der Waals surface area contributed by atoms with Gasteiger partial charge in [0.25, 0.3) is 0 Å². The van der Waals surface area contributed by atoms with Crippen LogP contribution in [0.3, 0.4) is 0 Å². The number of aryl methyl sites for hydroxylation is 1. The van der Waals surface area contributed by atoms with Crippen LogP contribution in [0.4, 0.5) is 10.8 Å². The summed E-state index contributed by atoms with van der Waals surface area (Å²) in [5, 5.41) is 9.86. The predicted octanol–water partition coefficient (Wildman–Crippen LogP) is 3.70. The molecule has 2 rings (SSSR count). The van der Waals surface area contributed by atoms with E-state index in [-0.39, 0.29) is 10.9 Å². The minimum atomic E-state index is -0.935. The molecule has 0 amide bonds. The highest BCUT2D eigenvalue weighted by Gasteiger charge is 2.21. The molecule has 1 N–H and O–H groups in total. The van der Waals surface area contributed by atoms with Crippen molar-refractivity contribution in [2.24, 2.45) is 0 Å². The second-order valence-corrected chi connectivity index (χ2v) is 5.86. The molecule has 0 fully saturated rings. The maximum Gasteiger partial charge on any atom is 0.347 e. The van der Waals surface area contributed by atoms with Crippen LogP contribution in [0.15, 0.2) is 24.3 Å². The first kappa shape index (κ1) is 15.3. The highest BCUT2D eigenvalue weighted by atomic mass is 32.1. The van der Waals surface area contributed by atoms with Crippen LogP contribution in [0.5, 0.6) is 5.75 Å². The molecule has 0 saturated carbocycles. The second-order valence-electron chi connectivity index (χ2n) is 4.88. The van der Waals surface area contributed by atoms with Gasteiger partial charge in [-0.25, -0.2) is 9.78 Å². The Balaban J connectivity index is 2.43. The Morgan fingerprint density at radius 2 is 1.95 bits per heavy atom. The van der Waals surface area contributed by atoms with Crippen molar-refractivity contribution < 1.29 is 14.6 Å². The van der Waals surface area contributed by atoms with Crippen molar-refractivity contribution in [3.05, 3.63) is 34.8 Å². The fraction of sp³-hybridized carbons (Fsp3) is 0.333. The van der Waals surface area contributed by atoms with Crippen molar-refractivity contribution in [2.75, 3.05) is 12.0 Å². The minimum Gasteiger partial charge on any atom is -0.497 e. The summed E-state index contributed by atoms with van der Waals surface area (Å²) >= 11 is 1.19. The molecule has 2 aromatic rings. The Labute approximate surface area is 127 Å². The molecule has 0 aliphatic carbocycles.